The fraction of sp³-hybridized carbons (Fsp3) is 0.417. The molecule has 1 unspecified atom stereocenters. The summed E-state index contributed by atoms with van der Waals surface area (Å²) in [6.07, 6.45) is 1.22. The zero-order chi connectivity index (χ0) is 10.7. The number of benzene rings is 1. The van der Waals surface area contributed by atoms with E-state index in [0.717, 1.165) is 30.8 Å². The molecule has 0 saturated carbocycles. The molecule has 3 nitrogen and oxygen atoms in total. The van der Waals surface area contributed by atoms with Gasteiger partial charge in [-0.05, 0) is 31.5 Å². The maximum atomic E-state index is 8.97. The fourth-order valence-corrected chi connectivity index (χ4v) is 1.79. The summed E-state index contributed by atoms with van der Waals surface area (Å²) < 4.78 is 5.84. The van der Waals surface area contributed by atoms with E-state index >= 15 is 0 Å². The highest BCUT2D eigenvalue weighted by Gasteiger charge is 2.18. The molecule has 15 heavy (non-hydrogen) atoms. The Balaban J connectivity index is 2.22. The molecular weight excluding hydrogens is 188 g/mol. The van der Waals surface area contributed by atoms with Gasteiger partial charge in [-0.3, -0.25) is 0 Å². The van der Waals surface area contributed by atoms with Crippen molar-refractivity contribution >= 4 is 0 Å². The van der Waals surface area contributed by atoms with Crippen LogP contribution in [0.15, 0.2) is 18.2 Å². The molecule has 0 aromatic heterocycles. The van der Waals surface area contributed by atoms with Crippen LogP contribution in [0.5, 0.6) is 5.75 Å². The van der Waals surface area contributed by atoms with E-state index in [1.54, 1.807) is 6.07 Å². The normalized spacial score (nSPS) is 19.9. The first-order valence-corrected chi connectivity index (χ1v) is 5.18. The molecule has 1 heterocycles. The number of hydrogen-bond acceptors (Lipinski definition) is 3. The average Bonchev–Trinajstić information content (AvgIpc) is 2.74. The van der Waals surface area contributed by atoms with Gasteiger partial charge in [0.1, 0.15) is 17.9 Å². The van der Waals surface area contributed by atoms with Crippen LogP contribution >= 0.6 is 0 Å². The number of ether oxygens (including phenoxy) is 1. The summed E-state index contributed by atoms with van der Waals surface area (Å²) in [6.45, 7) is 3.84. The molecule has 1 N–H and O–H groups in total. The van der Waals surface area contributed by atoms with E-state index in [1.165, 1.54) is 0 Å². The number of para-hydroxylation sites is 1. The molecule has 78 valence electrons. The summed E-state index contributed by atoms with van der Waals surface area (Å²) in [5.74, 6) is 0.744. The predicted molar refractivity (Wildman–Crippen MR) is 57.8 cm³/mol. The van der Waals surface area contributed by atoms with Crippen molar-refractivity contribution in [1.82, 2.24) is 5.32 Å². The summed E-state index contributed by atoms with van der Waals surface area (Å²) in [6, 6.07) is 7.81. The smallest absolute Gasteiger partial charge is 0.140 e. The van der Waals surface area contributed by atoms with Crippen molar-refractivity contribution in [2.24, 2.45) is 0 Å². The molecule has 2 rings (SSSR count). The van der Waals surface area contributed by atoms with Gasteiger partial charge in [-0.2, -0.15) is 5.26 Å². The van der Waals surface area contributed by atoms with E-state index < -0.39 is 0 Å². The lowest BCUT2D eigenvalue weighted by atomic mass is 10.1. The average molecular weight is 202 g/mol. The topological polar surface area (TPSA) is 45.0 Å². The van der Waals surface area contributed by atoms with Gasteiger partial charge in [0.15, 0.2) is 0 Å². The van der Waals surface area contributed by atoms with Crippen LogP contribution in [0.25, 0.3) is 0 Å². The summed E-state index contributed by atoms with van der Waals surface area (Å²) in [4.78, 5) is 0. The van der Waals surface area contributed by atoms with Gasteiger partial charge in [-0.25, -0.2) is 0 Å². The van der Waals surface area contributed by atoms with Gasteiger partial charge in [-0.15, -0.1) is 0 Å². The molecule has 1 fully saturated rings. The standard InChI is InChI=1S/C12H14N2O/c1-9-3-2-4-10(7-13)12(9)15-11-5-6-14-8-11/h2-4,11,14H,5-6,8H2,1H3. The number of nitrogens with one attached hydrogen (secondary N) is 1. The monoisotopic (exact) mass is 202 g/mol. The zero-order valence-corrected chi connectivity index (χ0v) is 8.79. The van der Waals surface area contributed by atoms with Gasteiger partial charge in [0.2, 0.25) is 0 Å². The van der Waals surface area contributed by atoms with Crippen molar-refractivity contribution in [2.45, 2.75) is 19.4 Å². The summed E-state index contributed by atoms with van der Waals surface area (Å²) in [5, 5.41) is 12.2. The Morgan fingerprint density at radius 3 is 3.07 bits per heavy atom. The minimum atomic E-state index is 0.207. The number of nitrogens with zero attached hydrogens (tertiary/aromatic N) is 1. The van der Waals surface area contributed by atoms with Crippen LogP contribution in [-0.4, -0.2) is 19.2 Å². The van der Waals surface area contributed by atoms with E-state index in [-0.39, 0.29) is 6.10 Å². The molecule has 1 aromatic carbocycles. The van der Waals surface area contributed by atoms with E-state index in [9.17, 15) is 0 Å². The molecule has 1 aliphatic rings. The molecule has 1 aromatic rings. The Morgan fingerprint density at radius 1 is 1.53 bits per heavy atom. The molecule has 0 amide bonds. The van der Waals surface area contributed by atoms with Crippen molar-refractivity contribution in [2.75, 3.05) is 13.1 Å². The number of rotatable bonds is 2. The lowest BCUT2D eigenvalue weighted by Crippen LogP contribution is -2.20. The van der Waals surface area contributed by atoms with Gasteiger partial charge in [-0.1, -0.05) is 12.1 Å². The van der Waals surface area contributed by atoms with Crippen LogP contribution < -0.4 is 10.1 Å². The molecular formula is C12H14N2O. The molecule has 1 atom stereocenters. The molecule has 3 heteroatoms. The van der Waals surface area contributed by atoms with Crippen LogP contribution in [-0.2, 0) is 0 Å². The van der Waals surface area contributed by atoms with Crippen molar-refractivity contribution in [1.29, 1.82) is 5.26 Å². The Kier molecular flexibility index (Phi) is 2.89. The van der Waals surface area contributed by atoms with Gasteiger partial charge in [0, 0.05) is 6.54 Å². The largest absolute Gasteiger partial charge is 0.487 e. The van der Waals surface area contributed by atoms with Gasteiger partial charge in [0.25, 0.3) is 0 Å². The molecule has 1 aliphatic heterocycles. The van der Waals surface area contributed by atoms with Gasteiger partial charge >= 0.3 is 0 Å². The second-order valence-corrected chi connectivity index (χ2v) is 3.80. The quantitative estimate of drug-likeness (QED) is 0.792. The van der Waals surface area contributed by atoms with Crippen molar-refractivity contribution in [3.63, 3.8) is 0 Å². The fourth-order valence-electron chi connectivity index (χ4n) is 1.79. The van der Waals surface area contributed by atoms with Crippen molar-refractivity contribution < 1.29 is 4.74 Å². The predicted octanol–water partition coefficient (Wildman–Crippen LogP) is 1.61. The third kappa shape index (κ3) is 2.11. The molecule has 1 saturated heterocycles. The lowest BCUT2D eigenvalue weighted by Gasteiger charge is -2.15. The second kappa shape index (κ2) is 4.33. The summed E-state index contributed by atoms with van der Waals surface area (Å²) in [5.41, 5.74) is 1.66. The maximum absolute atomic E-state index is 8.97. The van der Waals surface area contributed by atoms with Crippen molar-refractivity contribution in [3.8, 4) is 11.8 Å². The summed E-state index contributed by atoms with van der Waals surface area (Å²) in [7, 11) is 0. The Hall–Kier alpha value is -1.53. The maximum Gasteiger partial charge on any atom is 0.140 e. The van der Waals surface area contributed by atoms with E-state index in [0.29, 0.717) is 5.56 Å². The number of aryl methyl sites for hydroxylation is 1. The molecule has 0 radical (unpaired) electrons. The number of hydrogen-bond donors (Lipinski definition) is 1. The first-order chi connectivity index (χ1) is 7.31. The molecule has 0 spiro atoms. The third-order valence-corrected chi connectivity index (χ3v) is 2.63. The SMILES string of the molecule is Cc1cccc(C#N)c1OC1CCNC1. The molecule has 0 bridgehead atoms. The first kappa shape index (κ1) is 10.0. The van der Waals surface area contributed by atoms with Crippen LogP contribution in [0.1, 0.15) is 17.5 Å². The van der Waals surface area contributed by atoms with Crippen LogP contribution in [0.3, 0.4) is 0 Å². The Morgan fingerprint density at radius 2 is 2.40 bits per heavy atom. The van der Waals surface area contributed by atoms with Crippen LogP contribution in [0.4, 0.5) is 0 Å². The highest BCUT2D eigenvalue weighted by atomic mass is 16.5. The minimum absolute atomic E-state index is 0.207. The van der Waals surface area contributed by atoms with Crippen LogP contribution in [0.2, 0.25) is 0 Å². The van der Waals surface area contributed by atoms with E-state index in [2.05, 4.69) is 11.4 Å². The van der Waals surface area contributed by atoms with Gasteiger partial charge in [0.05, 0.1) is 5.56 Å². The first-order valence-electron chi connectivity index (χ1n) is 5.18. The molecule has 0 aliphatic carbocycles. The minimum Gasteiger partial charge on any atom is -0.487 e. The zero-order valence-electron chi connectivity index (χ0n) is 8.79. The highest BCUT2D eigenvalue weighted by Crippen LogP contribution is 2.24. The van der Waals surface area contributed by atoms with E-state index in [1.807, 2.05) is 19.1 Å². The van der Waals surface area contributed by atoms with Crippen LogP contribution in [0, 0.1) is 18.3 Å². The third-order valence-electron chi connectivity index (χ3n) is 2.63. The lowest BCUT2D eigenvalue weighted by molar-refractivity contribution is 0.221. The van der Waals surface area contributed by atoms with Gasteiger partial charge < -0.3 is 10.1 Å². The Bertz CT molecular complexity index is 389. The Labute approximate surface area is 89.7 Å². The van der Waals surface area contributed by atoms with Crippen molar-refractivity contribution in [3.05, 3.63) is 29.3 Å². The second-order valence-electron chi connectivity index (χ2n) is 3.80. The highest BCUT2D eigenvalue weighted by molar-refractivity contribution is 5.48. The number of nitriles is 1. The summed E-state index contributed by atoms with van der Waals surface area (Å²) >= 11 is 0. The van der Waals surface area contributed by atoms with E-state index in [4.69, 9.17) is 10.00 Å².